The maximum absolute atomic E-state index is 3.65. The number of quaternary nitrogens is 1. The first kappa shape index (κ1) is 20.2. The molecule has 0 rings (SSSR count). The van der Waals surface area contributed by atoms with E-state index in [1.54, 1.807) is 0 Å². The number of hydrogen-bond acceptors (Lipinski definition) is 0. The van der Waals surface area contributed by atoms with Crippen molar-refractivity contribution in [2.24, 2.45) is 0 Å². The predicted octanol–water partition coefficient (Wildman–Crippen LogP) is 1.60. The van der Waals surface area contributed by atoms with Crippen molar-refractivity contribution in [2.45, 2.75) is 59.3 Å². The zero-order valence-corrected chi connectivity index (χ0v) is 15.2. The Morgan fingerprint density at radius 3 is 1.29 bits per heavy atom. The summed E-state index contributed by atoms with van der Waals surface area (Å²) in [6.45, 7) is 12.4. The Morgan fingerprint density at radius 1 is 0.706 bits per heavy atom. The highest BCUT2D eigenvalue weighted by atomic mass is 79.9. The van der Waals surface area contributed by atoms with Crippen LogP contribution >= 0.6 is 15.9 Å². The molecule has 0 atom stereocenters. The molecule has 106 valence electrons. The highest BCUT2D eigenvalue weighted by Gasteiger charge is 2.24. The summed E-state index contributed by atoms with van der Waals surface area (Å²) < 4.78 is 1.36. The third kappa shape index (κ3) is 9.49. The summed E-state index contributed by atoms with van der Waals surface area (Å²) in [7, 11) is 0. The van der Waals surface area contributed by atoms with Crippen molar-refractivity contribution in [3.63, 3.8) is 0 Å². The summed E-state index contributed by atoms with van der Waals surface area (Å²) in [6, 6.07) is 0. The van der Waals surface area contributed by atoms with E-state index >= 15 is 0 Å². The van der Waals surface area contributed by atoms with Crippen molar-refractivity contribution in [3.8, 4) is 0 Å². The number of unbranched alkanes of at least 4 members (excludes halogenated alkanes) is 3. The van der Waals surface area contributed by atoms with Gasteiger partial charge in [-0.2, -0.15) is 0 Å². The van der Waals surface area contributed by atoms with Crippen LogP contribution in [0.2, 0.25) is 0 Å². The monoisotopic (exact) mass is 371 g/mol. The average Bonchev–Trinajstić information content (AvgIpc) is 2.31. The van der Waals surface area contributed by atoms with Gasteiger partial charge in [0.25, 0.3) is 0 Å². The van der Waals surface area contributed by atoms with E-state index in [9.17, 15) is 0 Å². The predicted molar refractivity (Wildman–Crippen MR) is 78.2 cm³/mol. The van der Waals surface area contributed by atoms with Gasteiger partial charge >= 0.3 is 0 Å². The lowest BCUT2D eigenvalue weighted by Crippen LogP contribution is -3.00. The molecular formula is C14H31Br2N. The van der Waals surface area contributed by atoms with E-state index in [-0.39, 0.29) is 17.0 Å². The van der Waals surface area contributed by atoms with E-state index in [0.29, 0.717) is 0 Å². The third-order valence-corrected chi connectivity index (χ3v) is 3.87. The van der Waals surface area contributed by atoms with E-state index in [0.717, 1.165) is 5.33 Å². The minimum absolute atomic E-state index is 0. The molecule has 0 unspecified atom stereocenters. The topological polar surface area (TPSA) is 0 Å². The number of rotatable bonds is 11. The molecule has 0 fully saturated rings. The second kappa shape index (κ2) is 13.4. The summed E-state index contributed by atoms with van der Waals surface area (Å²) in [5.74, 6) is 0. The highest BCUT2D eigenvalue weighted by Crippen LogP contribution is 2.15. The summed E-state index contributed by atoms with van der Waals surface area (Å²) in [6.07, 6.45) is 8.17. The first-order valence-electron chi connectivity index (χ1n) is 7.15. The first-order chi connectivity index (χ1) is 7.74. The second-order valence-electron chi connectivity index (χ2n) is 4.99. The van der Waals surface area contributed by atoms with Crippen LogP contribution in [0.5, 0.6) is 0 Å². The molecule has 0 radical (unpaired) electrons. The van der Waals surface area contributed by atoms with Gasteiger partial charge < -0.3 is 21.5 Å². The molecule has 1 nitrogen and oxygen atoms in total. The number of halogens is 2. The fraction of sp³-hybridized carbons (Fsp3) is 1.00. The van der Waals surface area contributed by atoms with Gasteiger partial charge in [-0.05, 0) is 19.3 Å². The van der Waals surface area contributed by atoms with Crippen LogP contribution in [0.4, 0.5) is 0 Å². The molecule has 0 aliphatic rings. The van der Waals surface area contributed by atoms with Crippen LogP contribution < -0.4 is 17.0 Å². The largest absolute Gasteiger partial charge is 1.00 e. The standard InChI is InChI=1S/C14H31BrN.BrH/c1-4-7-11-16(14-10-15,12-8-5-2)13-9-6-3;/h4-14H2,1-3H3;1H/q+1;/p-1. The molecule has 0 aliphatic carbocycles. The van der Waals surface area contributed by atoms with Crippen LogP contribution in [0.3, 0.4) is 0 Å². The minimum Gasteiger partial charge on any atom is -1.00 e. The summed E-state index contributed by atoms with van der Waals surface area (Å²) >= 11 is 3.65. The maximum Gasteiger partial charge on any atom is 0.0885 e. The van der Waals surface area contributed by atoms with Crippen molar-refractivity contribution >= 4 is 15.9 Å². The summed E-state index contributed by atoms with van der Waals surface area (Å²) in [5.41, 5.74) is 0. The van der Waals surface area contributed by atoms with Crippen LogP contribution in [0.1, 0.15) is 59.3 Å². The van der Waals surface area contributed by atoms with Gasteiger partial charge in [0.05, 0.1) is 31.5 Å². The van der Waals surface area contributed by atoms with Gasteiger partial charge in [-0.15, -0.1) is 0 Å². The van der Waals surface area contributed by atoms with Gasteiger partial charge in [0.2, 0.25) is 0 Å². The van der Waals surface area contributed by atoms with Gasteiger partial charge in [0, 0.05) is 0 Å². The zero-order chi connectivity index (χ0) is 12.3. The molecule has 0 spiro atoms. The zero-order valence-electron chi connectivity index (χ0n) is 12.0. The van der Waals surface area contributed by atoms with Crippen molar-refractivity contribution in [2.75, 3.05) is 31.5 Å². The SMILES string of the molecule is CCCC[N+](CCBr)(CCCC)CCCC.[Br-]. The van der Waals surface area contributed by atoms with Crippen LogP contribution in [0.25, 0.3) is 0 Å². The molecule has 3 heteroatoms. The van der Waals surface area contributed by atoms with Gasteiger partial charge in [0.15, 0.2) is 0 Å². The lowest BCUT2D eigenvalue weighted by Gasteiger charge is -2.38. The van der Waals surface area contributed by atoms with Gasteiger partial charge in [-0.1, -0.05) is 56.0 Å². The maximum atomic E-state index is 3.65. The quantitative estimate of drug-likeness (QED) is 0.381. The van der Waals surface area contributed by atoms with Gasteiger partial charge in [-0.25, -0.2) is 0 Å². The molecule has 0 aromatic rings. The smallest absolute Gasteiger partial charge is 0.0885 e. The van der Waals surface area contributed by atoms with Crippen LogP contribution in [-0.4, -0.2) is 36.0 Å². The Bertz CT molecular complexity index is 129. The molecule has 0 aromatic carbocycles. The van der Waals surface area contributed by atoms with Crippen molar-refractivity contribution in [1.29, 1.82) is 0 Å². The molecule has 0 saturated carbocycles. The Kier molecular flexibility index (Phi) is 15.9. The van der Waals surface area contributed by atoms with Crippen LogP contribution in [0.15, 0.2) is 0 Å². The number of alkyl halides is 1. The average molecular weight is 373 g/mol. The summed E-state index contributed by atoms with van der Waals surface area (Å²) in [4.78, 5) is 0. The van der Waals surface area contributed by atoms with Crippen molar-refractivity contribution in [1.82, 2.24) is 0 Å². The Hall–Kier alpha value is 0.920. The Labute approximate surface area is 128 Å². The molecule has 0 aromatic heterocycles. The van der Waals surface area contributed by atoms with Crippen LogP contribution in [0, 0.1) is 0 Å². The lowest BCUT2D eigenvalue weighted by atomic mass is 10.1. The minimum atomic E-state index is 0. The van der Waals surface area contributed by atoms with Gasteiger partial charge in [0.1, 0.15) is 0 Å². The Balaban J connectivity index is 0. The van der Waals surface area contributed by atoms with Crippen molar-refractivity contribution in [3.05, 3.63) is 0 Å². The third-order valence-electron chi connectivity index (χ3n) is 3.52. The summed E-state index contributed by atoms with van der Waals surface area (Å²) in [5, 5.41) is 1.16. The molecule has 0 N–H and O–H groups in total. The van der Waals surface area contributed by atoms with E-state index in [1.807, 2.05) is 0 Å². The molecule has 17 heavy (non-hydrogen) atoms. The first-order valence-corrected chi connectivity index (χ1v) is 8.27. The van der Waals surface area contributed by atoms with Crippen LogP contribution in [-0.2, 0) is 0 Å². The molecule has 0 heterocycles. The molecular weight excluding hydrogens is 342 g/mol. The van der Waals surface area contributed by atoms with Crippen molar-refractivity contribution < 1.29 is 21.5 Å². The van der Waals surface area contributed by atoms with E-state index < -0.39 is 0 Å². The molecule has 0 aliphatic heterocycles. The van der Waals surface area contributed by atoms with E-state index in [4.69, 9.17) is 0 Å². The normalized spacial score (nSPS) is 11.3. The van der Waals surface area contributed by atoms with E-state index in [2.05, 4.69) is 36.7 Å². The highest BCUT2D eigenvalue weighted by molar-refractivity contribution is 9.09. The number of hydrogen-bond donors (Lipinski definition) is 0. The lowest BCUT2D eigenvalue weighted by molar-refractivity contribution is -0.926. The number of nitrogens with zero attached hydrogens (tertiary/aromatic N) is 1. The molecule has 0 bridgehead atoms. The fourth-order valence-corrected chi connectivity index (χ4v) is 3.08. The molecule has 0 saturated heterocycles. The molecule has 0 amide bonds. The Morgan fingerprint density at radius 2 is 1.06 bits per heavy atom. The van der Waals surface area contributed by atoms with E-state index in [1.165, 1.54) is 69.2 Å². The second-order valence-corrected chi connectivity index (χ2v) is 5.78. The van der Waals surface area contributed by atoms with Gasteiger partial charge in [-0.3, -0.25) is 0 Å². The fourth-order valence-electron chi connectivity index (χ4n) is 2.33.